The van der Waals surface area contributed by atoms with Crippen LogP contribution in [0.15, 0.2) is 11.2 Å². The molecule has 0 spiro atoms. The van der Waals surface area contributed by atoms with Crippen molar-refractivity contribution in [1.82, 2.24) is 15.0 Å². The number of hydrogen-bond donors (Lipinski definition) is 0. The fraction of sp³-hybridized carbons (Fsp3) is 0.500. The fourth-order valence-electron chi connectivity index (χ4n) is 0.656. The minimum Gasteiger partial charge on any atom is -0.232 e. The van der Waals surface area contributed by atoms with Gasteiger partial charge in [-0.2, -0.15) is 8.42 Å². The quantitative estimate of drug-likeness (QED) is 0.597. The van der Waals surface area contributed by atoms with Crippen molar-refractivity contribution < 1.29 is 12.3 Å². The average molecular weight is 179 g/mol. The van der Waals surface area contributed by atoms with Crippen molar-refractivity contribution in [3.63, 3.8) is 0 Å². The van der Waals surface area contributed by atoms with Crippen molar-refractivity contribution in [2.24, 2.45) is 0 Å². The first-order valence-electron chi connectivity index (χ1n) is 2.89. The van der Waals surface area contributed by atoms with Crippen LogP contribution >= 0.6 is 0 Å². The van der Waals surface area contributed by atoms with Crippen molar-refractivity contribution in [2.75, 3.05) is 0 Å². The van der Waals surface area contributed by atoms with E-state index in [2.05, 4.69) is 10.3 Å². The first kappa shape index (κ1) is 8.12. The number of hydrogen-bond acceptors (Lipinski definition) is 4. The molecule has 62 valence electrons. The molecule has 7 heteroatoms. The van der Waals surface area contributed by atoms with Gasteiger partial charge in [0.25, 0.3) is 0 Å². The van der Waals surface area contributed by atoms with E-state index < -0.39 is 15.2 Å². The Morgan fingerprint density at radius 3 is 2.73 bits per heavy atom. The van der Waals surface area contributed by atoms with Crippen molar-refractivity contribution in [2.45, 2.75) is 18.5 Å². The maximum absolute atomic E-state index is 12.3. The van der Waals surface area contributed by atoms with Crippen LogP contribution in [0.5, 0.6) is 0 Å². The number of aromatic nitrogens is 3. The summed E-state index contributed by atoms with van der Waals surface area (Å²) in [4.78, 5) is 0. The molecule has 0 saturated heterocycles. The molecule has 0 unspecified atom stereocenters. The molecule has 0 fully saturated rings. The van der Waals surface area contributed by atoms with E-state index in [4.69, 9.17) is 0 Å². The van der Waals surface area contributed by atoms with Gasteiger partial charge in [0.05, 0.1) is 6.20 Å². The summed E-state index contributed by atoms with van der Waals surface area (Å²) in [7, 11) is -4.66. The summed E-state index contributed by atoms with van der Waals surface area (Å²) in [5.41, 5.74) is 0. The molecule has 1 aromatic rings. The molecular weight excluding hydrogens is 173 g/mol. The van der Waals surface area contributed by atoms with Crippen LogP contribution in [-0.4, -0.2) is 23.4 Å². The summed E-state index contributed by atoms with van der Waals surface area (Å²) < 4.78 is 33.9. The van der Waals surface area contributed by atoms with Gasteiger partial charge in [0.15, 0.2) is 0 Å². The van der Waals surface area contributed by atoms with Gasteiger partial charge < -0.3 is 0 Å². The highest BCUT2D eigenvalue weighted by molar-refractivity contribution is 7.86. The Hall–Kier alpha value is -0.980. The highest BCUT2D eigenvalue weighted by Crippen LogP contribution is 2.08. The molecule has 1 rings (SSSR count). The Bertz CT molecular complexity index is 344. The SMILES string of the molecule is CCn1nncc1S(=O)(=O)F. The molecule has 0 bridgehead atoms. The molecule has 1 heterocycles. The van der Waals surface area contributed by atoms with Crippen LogP contribution in [0.4, 0.5) is 3.89 Å². The third-order valence-corrected chi connectivity index (χ3v) is 1.95. The van der Waals surface area contributed by atoms with Crippen molar-refractivity contribution in [3.05, 3.63) is 6.20 Å². The van der Waals surface area contributed by atoms with E-state index >= 15 is 0 Å². The molecule has 0 aliphatic rings. The molecule has 0 saturated carbocycles. The maximum Gasteiger partial charge on any atom is 0.351 e. The molecular formula is C4H6FN3O2S. The van der Waals surface area contributed by atoms with Crippen molar-refractivity contribution >= 4 is 10.2 Å². The third-order valence-electron chi connectivity index (χ3n) is 1.13. The standard InChI is InChI=1S/C4H6FN3O2S/c1-2-8-4(3-6-7-8)11(5,9)10/h3H,2H2,1H3. The zero-order valence-corrected chi connectivity index (χ0v) is 6.55. The average Bonchev–Trinajstić information content (AvgIpc) is 2.31. The van der Waals surface area contributed by atoms with E-state index in [1.165, 1.54) is 0 Å². The van der Waals surface area contributed by atoms with Crippen LogP contribution in [0.25, 0.3) is 0 Å². The lowest BCUT2D eigenvalue weighted by molar-refractivity contribution is 0.516. The monoisotopic (exact) mass is 179 g/mol. The normalized spacial score (nSPS) is 11.8. The predicted octanol–water partition coefficient (Wildman–Crippen LogP) is -0.0438. The first-order valence-corrected chi connectivity index (χ1v) is 4.27. The van der Waals surface area contributed by atoms with Crippen LogP contribution in [0.3, 0.4) is 0 Å². The minimum absolute atomic E-state index is 0.276. The maximum atomic E-state index is 12.3. The molecule has 0 N–H and O–H groups in total. The number of rotatable bonds is 2. The lowest BCUT2D eigenvalue weighted by atomic mass is 10.7. The van der Waals surface area contributed by atoms with Gasteiger partial charge in [0.2, 0.25) is 5.03 Å². The summed E-state index contributed by atoms with van der Waals surface area (Å²) in [5.74, 6) is 0. The highest BCUT2D eigenvalue weighted by atomic mass is 32.3. The van der Waals surface area contributed by atoms with Gasteiger partial charge >= 0.3 is 10.2 Å². The summed E-state index contributed by atoms with van der Waals surface area (Å²) in [6.07, 6.45) is 0.874. The second kappa shape index (κ2) is 2.57. The zero-order chi connectivity index (χ0) is 8.48. The van der Waals surface area contributed by atoms with Gasteiger partial charge in [-0.3, -0.25) is 0 Å². The molecule has 0 aliphatic heterocycles. The third kappa shape index (κ3) is 1.53. The molecule has 5 nitrogen and oxygen atoms in total. The second-order valence-electron chi connectivity index (χ2n) is 1.83. The van der Waals surface area contributed by atoms with Gasteiger partial charge in [-0.05, 0) is 6.92 Å². The van der Waals surface area contributed by atoms with Crippen LogP contribution < -0.4 is 0 Å². The Morgan fingerprint density at radius 2 is 2.36 bits per heavy atom. The van der Waals surface area contributed by atoms with Crippen LogP contribution in [0, 0.1) is 0 Å². The Labute approximate surface area is 63.0 Å². The van der Waals surface area contributed by atoms with Gasteiger partial charge in [-0.25, -0.2) is 4.68 Å². The van der Waals surface area contributed by atoms with E-state index in [0.717, 1.165) is 10.9 Å². The summed E-state index contributed by atoms with van der Waals surface area (Å²) >= 11 is 0. The second-order valence-corrected chi connectivity index (χ2v) is 3.12. The fourth-order valence-corrected chi connectivity index (χ4v) is 1.25. The topological polar surface area (TPSA) is 64.8 Å². The molecule has 11 heavy (non-hydrogen) atoms. The van der Waals surface area contributed by atoms with E-state index in [1.54, 1.807) is 6.92 Å². The molecule has 0 aliphatic carbocycles. The smallest absolute Gasteiger partial charge is 0.232 e. The van der Waals surface area contributed by atoms with Gasteiger partial charge in [0, 0.05) is 6.54 Å². The van der Waals surface area contributed by atoms with Crippen LogP contribution in [0.1, 0.15) is 6.92 Å². The minimum atomic E-state index is -4.66. The zero-order valence-electron chi connectivity index (χ0n) is 5.73. The largest absolute Gasteiger partial charge is 0.351 e. The molecule has 0 radical (unpaired) electrons. The highest BCUT2D eigenvalue weighted by Gasteiger charge is 2.17. The first-order chi connectivity index (χ1) is 5.05. The number of aryl methyl sites for hydroxylation is 1. The van der Waals surface area contributed by atoms with E-state index in [0.29, 0.717) is 0 Å². The van der Waals surface area contributed by atoms with Crippen LogP contribution in [0.2, 0.25) is 0 Å². The summed E-state index contributed by atoms with van der Waals surface area (Å²) in [5, 5.41) is 6.10. The predicted molar refractivity (Wildman–Crippen MR) is 34.0 cm³/mol. The van der Waals surface area contributed by atoms with Gasteiger partial charge in [0.1, 0.15) is 0 Å². The van der Waals surface area contributed by atoms with E-state index in [-0.39, 0.29) is 6.54 Å². The molecule has 0 amide bonds. The summed E-state index contributed by atoms with van der Waals surface area (Å²) in [6.45, 7) is 1.92. The van der Waals surface area contributed by atoms with Gasteiger partial charge in [-0.1, -0.05) is 9.10 Å². The molecule has 0 atom stereocenters. The van der Waals surface area contributed by atoms with Crippen molar-refractivity contribution in [1.29, 1.82) is 0 Å². The molecule has 1 aromatic heterocycles. The molecule has 0 aromatic carbocycles. The van der Waals surface area contributed by atoms with Crippen molar-refractivity contribution in [3.8, 4) is 0 Å². The number of halogens is 1. The van der Waals surface area contributed by atoms with E-state index in [9.17, 15) is 12.3 Å². The van der Waals surface area contributed by atoms with Gasteiger partial charge in [-0.15, -0.1) is 5.10 Å². The Morgan fingerprint density at radius 1 is 1.73 bits per heavy atom. The Kier molecular flexibility index (Phi) is 1.90. The summed E-state index contributed by atoms with van der Waals surface area (Å²) in [6, 6.07) is 0. The van der Waals surface area contributed by atoms with Crippen LogP contribution in [-0.2, 0) is 16.8 Å². The lowest BCUT2D eigenvalue weighted by Crippen LogP contribution is -2.05. The van der Waals surface area contributed by atoms with E-state index in [1.807, 2.05) is 0 Å². The Balaban J connectivity index is 3.24. The number of nitrogens with zero attached hydrogens (tertiary/aromatic N) is 3. The lowest BCUT2D eigenvalue weighted by Gasteiger charge is -1.95.